The molecule has 0 unspecified atom stereocenters. The van der Waals surface area contributed by atoms with Crippen LogP contribution in [-0.4, -0.2) is 37.0 Å². The molecule has 4 nitrogen and oxygen atoms in total. The zero-order valence-electron chi connectivity index (χ0n) is 11.7. The Morgan fingerprint density at radius 2 is 2.10 bits per heavy atom. The van der Waals surface area contributed by atoms with Crippen molar-refractivity contribution in [3.63, 3.8) is 0 Å². The highest BCUT2D eigenvalue weighted by atomic mass is 19.4. The van der Waals surface area contributed by atoms with Crippen LogP contribution >= 0.6 is 0 Å². The molecule has 1 aromatic rings. The van der Waals surface area contributed by atoms with Gasteiger partial charge in [0.1, 0.15) is 0 Å². The number of carbonyl (C=O) groups is 1. The number of benzene rings is 1. The van der Waals surface area contributed by atoms with E-state index in [1.165, 1.54) is 6.07 Å². The monoisotopic (exact) mass is 301 g/mol. The van der Waals surface area contributed by atoms with E-state index in [1.807, 2.05) is 7.05 Å². The lowest BCUT2D eigenvalue weighted by molar-refractivity contribution is -0.136. The highest BCUT2D eigenvalue weighted by Crippen LogP contribution is 2.34. The number of nitrogens with two attached hydrogens (primary N) is 1. The predicted molar refractivity (Wildman–Crippen MR) is 73.8 cm³/mol. The first kappa shape index (κ1) is 15.6. The number of amides is 1. The van der Waals surface area contributed by atoms with Gasteiger partial charge in [-0.3, -0.25) is 4.79 Å². The summed E-state index contributed by atoms with van der Waals surface area (Å²) in [5.41, 5.74) is 3.90. The van der Waals surface area contributed by atoms with E-state index < -0.39 is 17.6 Å². The van der Waals surface area contributed by atoms with Gasteiger partial charge < -0.3 is 16.0 Å². The number of carbonyl (C=O) groups excluding carboxylic acids is 1. The molecule has 0 bridgehead atoms. The summed E-state index contributed by atoms with van der Waals surface area (Å²) in [6, 6.07) is 3.77. The van der Waals surface area contributed by atoms with Crippen LogP contribution in [-0.2, 0) is 6.18 Å². The van der Waals surface area contributed by atoms with Gasteiger partial charge in [0.25, 0.3) is 5.91 Å². The molecule has 1 saturated carbocycles. The number of rotatable bonds is 5. The van der Waals surface area contributed by atoms with Crippen LogP contribution in [0.3, 0.4) is 0 Å². The Morgan fingerprint density at radius 3 is 2.67 bits per heavy atom. The molecule has 116 valence electrons. The number of nitrogens with zero attached hydrogens (tertiary/aromatic N) is 1. The second-order valence-electron chi connectivity index (χ2n) is 5.27. The Balaban J connectivity index is 1.95. The van der Waals surface area contributed by atoms with Gasteiger partial charge in [-0.2, -0.15) is 13.2 Å². The van der Waals surface area contributed by atoms with Crippen LogP contribution in [0.5, 0.6) is 0 Å². The number of hydrogen-bond acceptors (Lipinski definition) is 3. The number of likely N-dealkylation sites (N-methyl/N-ethyl adjacent to an activating group) is 1. The second-order valence-corrected chi connectivity index (χ2v) is 5.27. The zero-order chi connectivity index (χ0) is 15.6. The fraction of sp³-hybridized carbons (Fsp3) is 0.500. The predicted octanol–water partition coefficient (Wildman–Crippen LogP) is 2.11. The normalized spacial score (nSPS) is 15.3. The number of nitrogen functional groups attached to an aromatic ring is 1. The Kier molecular flexibility index (Phi) is 4.41. The van der Waals surface area contributed by atoms with Gasteiger partial charge >= 0.3 is 6.18 Å². The third-order valence-electron chi connectivity index (χ3n) is 3.54. The van der Waals surface area contributed by atoms with E-state index in [4.69, 9.17) is 5.73 Å². The summed E-state index contributed by atoms with van der Waals surface area (Å²) in [6.45, 7) is 1.08. The van der Waals surface area contributed by atoms with E-state index >= 15 is 0 Å². The zero-order valence-corrected chi connectivity index (χ0v) is 11.7. The van der Waals surface area contributed by atoms with E-state index in [9.17, 15) is 18.0 Å². The Hall–Kier alpha value is -1.76. The van der Waals surface area contributed by atoms with Gasteiger partial charge in [0.15, 0.2) is 0 Å². The molecule has 1 aromatic carbocycles. The Bertz CT molecular complexity index is 527. The SMILES string of the molecule is CN(CCNC(=O)c1ccc(N)c(C(F)(F)F)c1)C1CC1. The molecular formula is C14H18F3N3O. The van der Waals surface area contributed by atoms with Crippen LogP contribution in [0.25, 0.3) is 0 Å². The number of hydrogen-bond donors (Lipinski definition) is 2. The van der Waals surface area contributed by atoms with E-state index in [0.29, 0.717) is 19.1 Å². The van der Waals surface area contributed by atoms with Gasteiger partial charge in [-0.15, -0.1) is 0 Å². The van der Waals surface area contributed by atoms with Crippen molar-refractivity contribution in [1.29, 1.82) is 0 Å². The smallest absolute Gasteiger partial charge is 0.398 e. The van der Waals surface area contributed by atoms with Crippen molar-refractivity contribution in [2.45, 2.75) is 25.1 Å². The molecule has 1 aliphatic rings. The fourth-order valence-corrected chi connectivity index (χ4v) is 2.09. The molecule has 1 aliphatic carbocycles. The molecule has 1 amide bonds. The van der Waals surface area contributed by atoms with Crippen molar-refractivity contribution in [2.24, 2.45) is 0 Å². The maximum atomic E-state index is 12.7. The van der Waals surface area contributed by atoms with E-state index in [1.54, 1.807) is 0 Å². The lowest BCUT2D eigenvalue weighted by atomic mass is 10.1. The van der Waals surface area contributed by atoms with Gasteiger partial charge in [0.05, 0.1) is 5.56 Å². The molecule has 21 heavy (non-hydrogen) atoms. The highest BCUT2D eigenvalue weighted by Gasteiger charge is 2.33. The lowest BCUT2D eigenvalue weighted by Gasteiger charge is -2.16. The second kappa shape index (κ2) is 5.93. The molecule has 0 atom stereocenters. The summed E-state index contributed by atoms with van der Waals surface area (Å²) in [5, 5.41) is 2.62. The number of nitrogens with one attached hydrogen (secondary N) is 1. The molecule has 0 radical (unpaired) electrons. The first-order valence-electron chi connectivity index (χ1n) is 6.74. The van der Waals surface area contributed by atoms with Gasteiger partial charge in [0, 0.05) is 30.4 Å². The molecule has 0 saturated heterocycles. The summed E-state index contributed by atoms with van der Waals surface area (Å²) < 4.78 is 38.2. The molecule has 2 rings (SSSR count). The van der Waals surface area contributed by atoms with Gasteiger partial charge in [-0.25, -0.2) is 0 Å². The molecular weight excluding hydrogens is 283 g/mol. The van der Waals surface area contributed by atoms with Crippen LogP contribution in [0.2, 0.25) is 0 Å². The minimum Gasteiger partial charge on any atom is -0.398 e. The average molecular weight is 301 g/mol. The van der Waals surface area contributed by atoms with Gasteiger partial charge in [-0.1, -0.05) is 0 Å². The number of alkyl halides is 3. The summed E-state index contributed by atoms with van der Waals surface area (Å²) in [6.07, 6.45) is -2.23. The van der Waals surface area contributed by atoms with E-state index in [-0.39, 0.29) is 11.3 Å². The molecule has 0 spiro atoms. The summed E-state index contributed by atoms with van der Waals surface area (Å²) >= 11 is 0. The third kappa shape index (κ3) is 4.10. The number of anilines is 1. The van der Waals surface area contributed by atoms with Crippen molar-refractivity contribution in [1.82, 2.24) is 10.2 Å². The van der Waals surface area contributed by atoms with Crippen molar-refractivity contribution in [3.05, 3.63) is 29.3 Å². The summed E-state index contributed by atoms with van der Waals surface area (Å²) in [4.78, 5) is 14.0. The fourth-order valence-electron chi connectivity index (χ4n) is 2.09. The first-order valence-corrected chi connectivity index (χ1v) is 6.74. The number of halogens is 3. The summed E-state index contributed by atoms with van der Waals surface area (Å²) in [5.74, 6) is -0.523. The molecule has 0 aromatic heterocycles. The maximum absolute atomic E-state index is 12.7. The molecule has 0 aliphatic heterocycles. The third-order valence-corrected chi connectivity index (χ3v) is 3.54. The largest absolute Gasteiger partial charge is 0.418 e. The first-order chi connectivity index (χ1) is 9.79. The molecule has 0 heterocycles. The van der Waals surface area contributed by atoms with Gasteiger partial charge in [0.2, 0.25) is 0 Å². The Labute approximate surface area is 121 Å². The van der Waals surface area contributed by atoms with Crippen molar-refractivity contribution >= 4 is 11.6 Å². The molecule has 3 N–H and O–H groups in total. The lowest BCUT2D eigenvalue weighted by Crippen LogP contribution is -2.34. The van der Waals surface area contributed by atoms with Gasteiger partial charge in [-0.05, 0) is 38.1 Å². The highest BCUT2D eigenvalue weighted by molar-refractivity contribution is 5.94. The summed E-state index contributed by atoms with van der Waals surface area (Å²) in [7, 11) is 1.97. The minimum absolute atomic E-state index is 0.0365. The standard InChI is InChI=1S/C14H18F3N3O/c1-20(10-3-4-10)7-6-19-13(21)9-2-5-12(18)11(8-9)14(15,16)17/h2,5,8,10H,3-4,6-7,18H2,1H3,(H,19,21). The van der Waals surface area contributed by atoms with Crippen molar-refractivity contribution in [2.75, 3.05) is 25.9 Å². The van der Waals surface area contributed by atoms with Crippen molar-refractivity contribution < 1.29 is 18.0 Å². The van der Waals surface area contributed by atoms with Crippen LogP contribution in [0.4, 0.5) is 18.9 Å². The molecule has 1 fully saturated rings. The maximum Gasteiger partial charge on any atom is 0.418 e. The minimum atomic E-state index is -4.56. The van der Waals surface area contributed by atoms with E-state index in [0.717, 1.165) is 25.0 Å². The van der Waals surface area contributed by atoms with E-state index in [2.05, 4.69) is 10.2 Å². The topological polar surface area (TPSA) is 58.4 Å². The van der Waals surface area contributed by atoms with Crippen LogP contribution < -0.4 is 11.1 Å². The average Bonchev–Trinajstić information content (AvgIpc) is 3.21. The molecule has 7 heteroatoms. The van der Waals surface area contributed by atoms with Crippen LogP contribution in [0.1, 0.15) is 28.8 Å². The van der Waals surface area contributed by atoms with Crippen LogP contribution in [0, 0.1) is 0 Å². The van der Waals surface area contributed by atoms with Crippen molar-refractivity contribution in [3.8, 4) is 0 Å². The quantitative estimate of drug-likeness (QED) is 0.819. The van der Waals surface area contributed by atoms with Crippen LogP contribution in [0.15, 0.2) is 18.2 Å². The Morgan fingerprint density at radius 1 is 1.43 bits per heavy atom.